The van der Waals surface area contributed by atoms with Crippen molar-refractivity contribution < 1.29 is 14.3 Å². The Hall–Kier alpha value is -3.28. The van der Waals surface area contributed by atoms with Crippen molar-refractivity contribution in [1.29, 1.82) is 0 Å². The summed E-state index contributed by atoms with van der Waals surface area (Å²) in [6, 6.07) is 10.8. The number of carbonyl (C=O) groups excluding carboxylic acids is 2. The molecule has 6 nitrogen and oxygen atoms in total. The molecule has 4 rings (SSSR count). The molecule has 0 saturated heterocycles. The second kappa shape index (κ2) is 6.22. The van der Waals surface area contributed by atoms with Gasteiger partial charge in [0.2, 0.25) is 0 Å². The molecule has 26 heavy (non-hydrogen) atoms. The van der Waals surface area contributed by atoms with E-state index in [0.29, 0.717) is 30.1 Å². The van der Waals surface area contributed by atoms with Gasteiger partial charge < -0.3 is 20.3 Å². The van der Waals surface area contributed by atoms with Gasteiger partial charge in [0.1, 0.15) is 5.75 Å². The molecular formula is C20H19N3O3. The summed E-state index contributed by atoms with van der Waals surface area (Å²) in [5.74, 6) is 0.533. The SMILES string of the molecule is C=CCN1CC2=C(C1=O)[C@H](c1c(OC)ccc3ccccc13)NC(=O)N2. The summed E-state index contributed by atoms with van der Waals surface area (Å²) in [4.78, 5) is 26.9. The highest BCUT2D eigenvalue weighted by Crippen LogP contribution is 2.40. The van der Waals surface area contributed by atoms with E-state index in [1.54, 1.807) is 18.1 Å². The van der Waals surface area contributed by atoms with E-state index in [-0.39, 0.29) is 11.9 Å². The summed E-state index contributed by atoms with van der Waals surface area (Å²) in [6.07, 6.45) is 1.68. The number of nitrogens with zero attached hydrogens (tertiary/aromatic N) is 1. The van der Waals surface area contributed by atoms with Gasteiger partial charge in [-0.05, 0) is 16.8 Å². The van der Waals surface area contributed by atoms with E-state index in [1.807, 2.05) is 36.4 Å². The fraction of sp³-hybridized carbons (Fsp3) is 0.200. The maximum absolute atomic E-state index is 12.9. The maximum atomic E-state index is 12.9. The van der Waals surface area contributed by atoms with Crippen LogP contribution in [0.25, 0.3) is 10.8 Å². The zero-order valence-electron chi connectivity index (χ0n) is 14.4. The van der Waals surface area contributed by atoms with Crippen LogP contribution in [0.2, 0.25) is 0 Å². The Bertz CT molecular complexity index is 964. The Morgan fingerprint density at radius 3 is 2.85 bits per heavy atom. The number of hydrogen-bond donors (Lipinski definition) is 2. The van der Waals surface area contributed by atoms with Crippen molar-refractivity contribution in [2.45, 2.75) is 6.04 Å². The first-order valence-corrected chi connectivity index (χ1v) is 8.40. The molecule has 0 aromatic heterocycles. The summed E-state index contributed by atoms with van der Waals surface area (Å²) in [7, 11) is 1.59. The van der Waals surface area contributed by atoms with Crippen molar-refractivity contribution in [2.24, 2.45) is 0 Å². The van der Waals surface area contributed by atoms with Gasteiger partial charge in [0.25, 0.3) is 5.91 Å². The quantitative estimate of drug-likeness (QED) is 0.833. The Morgan fingerprint density at radius 2 is 2.08 bits per heavy atom. The Balaban J connectivity index is 1.91. The number of urea groups is 1. The Labute approximate surface area is 151 Å². The molecule has 132 valence electrons. The van der Waals surface area contributed by atoms with Gasteiger partial charge >= 0.3 is 6.03 Å². The Morgan fingerprint density at radius 1 is 1.27 bits per heavy atom. The molecule has 2 aliphatic rings. The standard InChI is InChI=1S/C20H19N3O3/c1-3-10-23-11-14-17(19(23)24)18(22-20(25)21-14)16-13-7-5-4-6-12(13)8-9-15(16)26-2/h3-9,18H,1,10-11H2,2H3,(H2,21,22,25)/t18-/m0/s1. The van der Waals surface area contributed by atoms with E-state index in [9.17, 15) is 9.59 Å². The van der Waals surface area contributed by atoms with Gasteiger partial charge in [0.05, 0.1) is 31.0 Å². The molecule has 0 spiro atoms. The van der Waals surface area contributed by atoms with Crippen molar-refractivity contribution in [2.75, 3.05) is 20.2 Å². The van der Waals surface area contributed by atoms with Gasteiger partial charge in [-0.2, -0.15) is 0 Å². The molecule has 2 aromatic rings. The largest absolute Gasteiger partial charge is 0.496 e. The molecule has 2 aliphatic heterocycles. The predicted molar refractivity (Wildman–Crippen MR) is 98.7 cm³/mol. The zero-order chi connectivity index (χ0) is 18.3. The van der Waals surface area contributed by atoms with Crippen LogP contribution in [-0.4, -0.2) is 37.0 Å². The van der Waals surface area contributed by atoms with Gasteiger partial charge in [0.15, 0.2) is 0 Å². The summed E-state index contributed by atoms with van der Waals surface area (Å²) in [5, 5.41) is 7.64. The number of amides is 3. The molecule has 0 radical (unpaired) electrons. The van der Waals surface area contributed by atoms with E-state index in [4.69, 9.17) is 4.74 Å². The fourth-order valence-electron chi connectivity index (χ4n) is 3.70. The first-order chi connectivity index (χ1) is 12.6. The average molecular weight is 349 g/mol. The van der Waals surface area contributed by atoms with Crippen molar-refractivity contribution >= 4 is 22.7 Å². The second-order valence-electron chi connectivity index (χ2n) is 6.30. The van der Waals surface area contributed by atoms with Crippen LogP contribution < -0.4 is 15.4 Å². The molecule has 0 bridgehead atoms. The Kier molecular flexibility index (Phi) is 3.88. The van der Waals surface area contributed by atoms with Gasteiger partial charge in [-0.3, -0.25) is 4.79 Å². The molecule has 2 heterocycles. The number of carbonyl (C=O) groups is 2. The minimum absolute atomic E-state index is 0.104. The summed E-state index contributed by atoms with van der Waals surface area (Å²) < 4.78 is 5.56. The van der Waals surface area contributed by atoms with Crippen LogP contribution >= 0.6 is 0 Å². The van der Waals surface area contributed by atoms with Crippen molar-refractivity contribution in [3.05, 3.63) is 65.9 Å². The number of rotatable bonds is 4. The number of nitrogens with one attached hydrogen (secondary N) is 2. The number of fused-ring (bicyclic) bond motifs is 1. The zero-order valence-corrected chi connectivity index (χ0v) is 14.4. The molecule has 0 fully saturated rings. The molecule has 2 aromatic carbocycles. The monoisotopic (exact) mass is 349 g/mol. The summed E-state index contributed by atoms with van der Waals surface area (Å²) >= 11 is 0. The van der Waals surface area contributed by atoms with Crippen LogP contribution in [0, 0.1) is 0 Å². The van der Waals surface area contributed by atoms with Crippen LogP contribution in [0.5, 0.6) is 5.75 Å². The van der Waals surface area contributed by atoms with Crippen molar-refractivity contribution in [3.8, 4) is 5.75 Å². The lowest BCUT2D eigenvalue weighted by molar-refractivity contribution is -0.125. The van der Waals surface area contributed by atoms with E-state index in [1.165, 1.54) is 0 Å². The first kappa shape index (κ1) is 16.2. The molecule has 0 saturated carbocycles. The molecule has 3 amide bonds. The highest BCUT2D eigenvalue weighted by atomic mass is 16.5. The van der Waals surface area contributed by atoms with Crippen LogP contribution in [0.1, 0.15) is 11.6 Å². The molecular weight excluding hydrogens is 330 g/mol. The smallest absolute Gasteiger partial charge is 0.319 e. The normalized spacial score (nSPS) is 19.3. The maximum Gasteiger partial charge on any atom is 0.319 e. The fourth-order valence-corrected chi connectivity index (χ4v) is 3.70. The number of methoxy groups -OCH3 is 1. The lowest BCUT2D eigenvalue weighted by Crippen LogP contribution is -2.44. The van der Waals surface area contributed by atoms with Crippen molar-refractivity contribution in [3.63, 3.8) is 0 Å². The molecule has 0 unspecified atom stereocenters. The number of benzene rings is 2. The lowest BCUT2D eigenvalue weighted by Gasteiger charge is -2.28. The third-order valence-corrected chi connectivity index (χ3v) is 4.81. The van der Waals surface area contributed by atoms with Gasteiger partial charge in [0, 0.05) is 12.1 Å². The highest BCUT2D eigenvalue weighted by Gasteiger charge is 2.41. The van der Waals surface area contributed by atoms with Crippen LogP contribution in [0.4, 0.5) is 4.79 Å². The molecule has 1 atom stereocenters. The van der Waals surface area contributed by atoms with Gasteiger partial charge in [-0.1, -0.05) is 36.4 Å². The number of hydrogen-bond acceptors (Lipinski definition) is 3. The number of ether oxygens (including phenoxy) is 1. The average Bonchev–Trinajstić information content (AvgIpc) is 2.96. The second-order valence-corrected chi connectivity index (χ2v) is 6.30. The predicted octanol–water partition coefficient (Wildman–Crippen LogP) is 2.48. The van der Waals surface area contributed by atoms with E-state index in [2.05, 4.69) is 17.2 Å². The third-order valence-electron chi connectivity index (χ3n) is 4.81. The van der Waals surface area contributed by atoms with E-state index >= 15 is 0 Å². The first-order valence-electron chi connectivity index (χ1n) is 8.40. The summed E-state index contributed by atoms with van der Waals surface area (Å²) in [5.41, 5.74) is 1.99. The lowest BCUT2D eigenvalue weighted by atomic mass is 9.91. The van der Waals surface area contributed by atoms with Crippen LogP contribution in [0.3, 0.4) is 0 Å². The van der Waals surface area contributed by atoms with Gasteiger partial charge in [-0.15, -0.1) is 6.58 Å². The molecule has 6 heteroatoms. The third kappa shape index (κ3) is 2.42. The van der Waals surface area contributed by atoms with E-state index < -0.39 is 6.04 Å². The molecule has 2 N–H and O–H groups in total. The van der Waals surface area contributed by atoms with Gasteiger partial charge in [-0.25, -0.2) is 4.79 Å². The minimum atomic E-state index is -0.567. The van der Waals surface area contributed by atoms with Crippen molar-refractivity contribution in [1.82, 2.24) is 15.5 Å². The molecule has 0 aliphatic carbocycles. The topological polar surface area (TPSA) is 70.7 Å². The van der Waals surface area contributed by atoms with Crippen LogP contribution in [-0.2, 0) is 4.79 Å². The minimum Gasteiger partial charge on any atom is -0.496 e. The van der Waals surface area contributed by atoms with Crippen LogP contribution in [0.15, 0.2) is 60.3 Å². The van der Waals surface area contributed by atoms with E-state index in [0.717, 1.165) is 16.3 Å². The highest BCUT2D eigenvalue weighted by molar-refractivity contribution is 6.03. The summed E-state index contributed by atoms with van der Waals surface area (Å²) in [6.45, 7) is 4.50.